The second-order valence-electron chi connectivity index (χ2n) is 9.16. The van der Waals surface area contributed by atoms with Crippen molar-refractivity contribution < 1.29 is 9.59 Å². The van der Waals surface area contributed by atoms with Crippen LogP contribution in [-0.4, -0.2) is 54.6 Å². The van der Waals surface area contributed by atoms with Crippen molar-refractivity contribution in [2.24, 2.45) is 0 Å². The summed E-state index contributed by atoms with van der Waals surface area (Å²) in [6.07, 6.45) is 3.32. The zero-order valence-corrected chi connectivity index (χ0v) is 18.4. The molecule has 2 aromatic carbocycles. The third-order valence-electron chi connectivity index (χ3n) is 7.12. The minimum atomic E-state index is -0.988. The van der Waals surface area contributed by atoms with Crippen LogP contribution in [-0.2, 0) is 23.2 Å². The number of urea groups is 1. The molecule has 2 heterocycles. The summed E-state index contributed by atoms with van der Waals surface area (Å²) in [7, 11) is 0. The van der Waals surface area contributed by atoms with E-state index in [-0.39, 0.29) is 11.9 Å². The Balaban J connectivity index is 1.26. The van der Waals surface area contributed by atoms with E-state index in [9.17, 15) is 9.59 Å². The van der Waals surface area contributed by atoms with Gasteiger partial charge in [0.2, 0.25) is 0 Å². The predicted octanol–water partition coefficient (Wildman–Crippen LogP) is 3.03. The molecule has 0 saturated carbocycles. The van der Waals surface area contributed by atoms with E-state index in [1.807, 2.05) is 13.0 Å². The van der Waals surface area contributed by atoms with Crippen LogP contribution in [0.3, 0.4) is 0 Å². The van der Waals surface area contributed by atoms with Gasteiger partial charge in [-0.05, 0) is 61.4 Å². The van der Waals surface area contributed by atoms with Gasteiger partial charge >= 0.3 is 6.03 Å². The molecular weight excluding hydrogens is 388 g/mol. The van der Waals surface area contributed by atoms with Crippen LogP contribution in [0, 0.1) is 6.92 Å². The van der Waals surface area contributed by atoms with Crippen LogP contribution in [0.1, 0.15) is 35.6 Å². The van der Waals surface area contributed by atoms with Crippen LogP contribution >= 0.6 is 0 Å². The number of para-hydroxylation sites is 1. The van der Waals surface area contributed by atoms with Gasteiger partial charge in [-0.2, -0.15) is 0 Å². The molecular formula is C25H30N4O2. The van der Waals surface area contributed by atoms with E-state index in [1.54, 1.807) is 0 Å². The van der Waals surface area contributed by atoms with E-state index in [4.69, 9.17) is 0 Å². The average molecular weight is 419 g/mol. The van der Waals surface area contributed by atoms with Crippen molar-refractivity contribution in [1.82, 2.24) is 15.1 Å². The lowest BCUT2D eigenvalue weighted by Crippen LogP contribution is -2.51. The van der Waals surface area contributed by atoms with Gasteiger partial charge in [-0.1, -0.05) is 36.4 Å². The normalized spacial score (nSPS) is 23.9. The number of piperazine rings is 1. The number of carbonyl (C=O) groups is 2. The van der Waals surface area contributed by atoms with Gasteiger partial charge in [-0.15, -0.1) is 0 Å². The third kappa shape index (κ3) is 3.49. The SMILES string of the molecule is Cc1ccccc1N1CCN(CN2C(=O)NC(C)(c3ccc4c(c3)CCC4)C2=O)CC1. The molecule has 2 aromatic rings. The molecule has 31 heavy (non-hydrogen) atoms. The first kappa shape index (κ1) is 20.1. The molecule has 162 valence electrons. The van der Waals surface area contributed by atoms with E-state index in [0.29, 0.717) is 6.67 Å². The third-order valence-corrected chi connectivity index (χ3v) is 7.12. The Bertz CT molecular complexity index is 1030. The highest BCUT2D eigenvalue weighted by Gasteiger charge is 2.49. The van der Waals surface area contributed by atoms with Crippen LogP contribution in [0.4, 0.5) is 10.5 Å². The lowest BCUT2D eigenvalue weighted by molar-refractivity contribution is -0.132. The number of imide groups is 1. The summed E-state index contributed by atoms with van der Waals surface area (Å²) in [5, 5.41) is 2.97. The van der Waals surface area contributed by atoms with E-state index < -0.39 is 5.54 Å². The van der Waals surface area contributed by atoms with Crippen molar-refractivity contribution in [3.8, 4) is 0 Å². The van der Waals surface area contributed by atoms with Crippen LogP contribution in [0.25, 0.3) is 0 Å². The lowest BCUT2D eigenvalue weighted by Gasteiger charge is -2.37. The second-order valence-corrected chi connectivity index (χ2v) is 9.16. The molecule has 1 aliphatic carbocycles. The van der Waals surface area contributed by atoms with Gasteiger partial charge in [0.15, 0.2) is 0 Å². The highest BCUT2D eigenvalue weighted by atomic mass is 16.2. The molecule has 5 rings (SSSR count). The zero-order valence-electron chi connectivity index (χ0n) is 18.4. The minimum Gasteiger partial charge on any atom is -0.369 e. The first-order chi connectivity index (χ1) is 15.0. The molecule has 6 nitrogen and oxygen atoms in total. The van der Waals surface area contributed by atoms with Crippen LogP contribution < -0.4 is 10.2 Å². The van der Waals surface area contributed by atoms with Gasteiger partial charge in [0.05, 0.1) is 6.67 Å². The number of rotatable bonds is 4. The monoisotopic (exact) mass is 418 g/mol. The summed E-state index contributed by atoms with van der Waals surface area (Å²) in [6, 6.07) is 14.4. The van der Waals surface area contributed by atoms with Crippen molar-refractivity contribution in [2.75, 3.05) is 37.7 Å². The molecule has 2 saturated heterocycles. The van der Waals surface area contributed by atoms with Gasteiger partial charge in [-0.3, -0.25) is 9.69 Å². The summed E-state index contributed by atoms with van der Waals surface area (Å²) < 4.78 is 0. The molecule has 0 spiro atoms. The Morgan fingerprint density at radius 2 is 1.71 bits per heavy atom. The fourth-order valence-corrected chi connectivity index (χ4v) is 5.15. The predicted molar refractivity (Wildman–Crippen MR) is 121 cm³/mol. The molecule has 0 aromatic heterocycles. The number of hydrogen-bond donors (Lipinski definition) is 1. The fraction of sp³-hybridized carbons (Fsp3) is 0.440. The Morgan fingerprint density at radius 1 is 0.968 bits per heavy atom. The van der Waals surface area contributed by atoms with Gasteiger partial charge in [0, 0.05) is 31.9 Å². The van der Waals surface area contributed by atoms with Gasteiger partial charge in [-0.25, -0.2) is 9.69 Å². The summed E-state index contributed by atoms with van der Waals surface area (Å²) in [4.78, 5) is 32.1. The Labute approximate surface area is 183 Å². The first-order valence-electron chi connectivity index (χ1n) is 11.2. The van der Waals surface area contributed by atoms with Crippen LogP contribution in [0.2, 0.25) is 0 Å². The average Bonchev–Trinajstić information content (AvgIpc) is 3.33. The van der Waals surface area contributed by atoms with Crippen molar-refractivity contribution in [1.29, 1.82) is 0 Å². The van der Waals surface area contributed by atoms with E-state index in [2.05, 4.69) is 58.4 Å². The minimum absolute atomic E-state index is 0.156. The molecule has 0 bridgehead atoms. The number of nitrogens with one attached hydrogen (secondary N) is 1. The Hall–Kier alpha value is -2.86. The molecule has 2 aliphatic heterocycles. The van der Waals surface area contributed by atoms with Crippen molar-refractivity contribution in [3.05, 3.63) is 64.7 Å². The quantitative estimate of drug-likeness (QED) is 0.776. The Morgan fingerprint density at radius 3 is 2.48 bits per heavy atom. The maximum atomic E-state index is 13.3. The number of fused-ring (bicyclic) bond motifs is 1. The highest BCUT2D eigenvalue weighted by molar-refractivity contribution is 6.07. The van der Waals surface area contributed by atoms with E-state index in [0.717, 1.165) is 51.0 Å². The first-order valence-corrected chi connectivity index (χ1v) is 11.2. The van der Waals surface area contributed by atoms with E-state index in [1.165, 1.54) is 27.3 Å². The number of benzene rings is 2. The van der Waals surface area contributed by atoms with Crippen molar-refractivity contribution in [2.45, 2.75) is 38.6 Å². The molecule has 1 N–H and O–H groups in total. The molecule has 3 amide bonds. The van der Waals surface area contributed by atoms with Crippen molar-refractivity contribution in [3.63, 3.8) is 0 Å². The molecule has 2 fully saturated rings. The number of amides is 3. The summed E-state index contributed by atoms with van der Waals surface area (Å²) >= 11 is 0. The summed E-state index contributed by atoms with van der Waals surface area (Å²) in [5.41, 5.74) is 5.12. The number of aryl methyl sites for hydroxylation is 3. The molecule has 1 unspecified atom stereocenters. The molecule has 1 atom stereocenters. The smallest absolute Gasteiger partial charge is 0.326 e. The van der Waals surface area contributed by atoms with Crippen LogP contribution in [0.5, 0.6) is 0 Å². The standard InChI is InChI=1S/C25H30N4O2/c1-18-6-3-4-9-22(18)28-14-12-27(13-15-28)17-29-23(30)25(2,26-24(29)31)21-11-10-19-7-5-8-20(19)16-21/h3-4,6,9-11,16H,5,7-8,12-15,17H2,1-2H3,(H,26,31). The van der Waals surface area contributed by atoms with Crippen LogP contribution in [0.15, 0.2) is 42.5 Å². The second kappa shape index (κ2) is 7.68. The highest BCUT2D eigenvalue weighted by Crippen LogP contribution is 2.33. The van der Waals surface area contributed by atoms with Crippen molar-refractivity contribution >= 4 is 17.6 Å². The summed E-state index contributed by atoms with van der Waals surface area (Å²) in [5.74, 6) is -0.156. The van der Waals surface area contributed by atoms with E-state index >= 15 is 0 Å². The molecule has 6 heteroatoms. The molecule has 0 radical (unpaired) electrons. The zero-order chi connectivity index (χ0) is 21.6. The number of anilines is 1. The number of hydrogen-bond acceptors (Lipinski definition) is 4. The Kier molecular flexibility index (Phi) is 4.97. The lowest BCUT2D eigenvalue weighted by atomic mass is 9.90. The maximum absolute atomic E-state index is 13.3. The van der Waals surface area contributed by atoms with Gasteiger partial charge < -0.3 is 10.2 Å². The topological polar surface area (TPSA) is 55.9 Å². The molecule has 3 aliphatic rings. The number of carbonyl (C=O) groups excluding carboxylic acids is 2. The maximum Gasteiger partial charge on any atom is 0.326 e. The number of nitrogens with zero attached hydrogens (tertiary/aromatic N) is 3. The van der Waals surface area contributed by atoms with Gasteiger partial charge in [0.25, 0.3) is 5.91 Å². The fourth-order valence-electron chi connectivity index (χ4n) is 5.15. The largest absolute Gasteiger partial charge is 0.369 e. The summed E-state index contributed by atoms with van der Waals surface area (Å²) in [6.45, 7) is 7.72. The van der Waals surface area contributed by atoms with Gasteiger partial charge in [0.1, 0.15) is 5.54 Å².